The number of anilines is 1. The second-order valence-electron chi connectivity index (χ2n) is 5.19. The second-order valence-corrected chi connectivity index (χ2v) is 5.19. The largest absolute Gasteiger partial charge is 0.367 e. The molecule has 1 aromatic rings. The van der Waals surface area contributed by atoms with Crippen LogP contribution in [-0.2, 0) is 0 Å². The lowest BCUT2D eigenvalue weighted by atomic mass is 9.78. The molecule has 0 amide bonds. The predicted molar refractivity (Wildman–Crippen MR) is 68.6 cm³/mol. The number of nitrogens with zero attached hydrogens (tertiary/aromatic N) is 1. The van der Waals surface area contributed by atoms with Gasteiger partial charge in [-0.1, -0.05) is 32.8 Å². The van der Waals surface area contributed by atoms with Crippen molar-refractivity contribution < 1.29 is 0 Å². The molecule has 3 atom stereocenters. The highest BCUT2D eigenvalue weighted by molar-refractivity contribution is 5.43. The molecule has 0 spiro atoms. The third-order valence-electron chi connectivity index (χ3n) is 4.04. The Kier molecular flexibility index (Phi) is 3.47. The van der Waals surface area contributed by atoms with E-state index in [2.05, 4.69) is 37.1 Å². The van der Waals surface area contributed by atoms with Crippen LogP contribution in [0.5, 0.6) is 0 Å². The monoisotopic (exact) mass is 218 g/mol. The number of aromatic nitrogens is 1. The van der Waals surface area contributed by atoms with E-state index >= 15 is 0 Å². The van der Waals surface area contributed by atoms with Crippen molar-refractivity contribution in [2.75, 3.05) is 5.32 Å². The summed E-state index contributed by atoms with van der Waals surface area (Å²) in [6.07, 6.45) is 5.86. The van der Waals surface area contributed by atoms with Crippen LogP contribution in [0.1, 0.15) is 38.7 Å². The number of hydrogen-bond acceptors (Lipinski definition) is 2. The van der Waals surface area contributed by atoms with Crippen LogP contribution in [0.2, 0.25) is 0 Å². The third-order valence-corrected chi connectivity index (χ3v) is 4.04. The third kappa shape index (κ3) is 2.37. The first kappa shape index (κ1) is 11.4. The van der Waals surface area contributed by atoms with Crippen LogP contribution in [0.25, 0.3) is 0 Å². The Balaban J connectivity index is 2.06. The molecule has 1 aromatic heterocycles. The predicted octanol–water partition coefficient (Wildman–Crippen LogP) is 3.63. The Morgan fingerprint density at radius 1 is 1.31 bits per heavy atom. The summed E-state index contributed by atoms with van der Waals surface area (Å²) >= 11 is 0. The molecule has 1 heterocycles. The smallest absolute Gasteiger partial charge is 0.129 e. The highest BCUT2D eigenvalue weighted by atomic mass is 15.0. The number of nitrogens with one attached hydrogen (secondary N) is 1. The molecule has 2 nitrogen and oxygen atoms in total. The summed E-state index contributed by atoms with van der Waals surface area (Å²) in [5.74, 6) is 2.64. The highest BCUT2D eigenvalue weighted by Crippen LogP contribution is 2.31. The van der Waals surface area contributed by atoms with Crippen molar-refractivity contribution in [3.05, 3.63) is 23.9 Å². The summed E-state index contributed by atoms with van der Waals surface area (Å²) in [5.41, 5.74) is 1.24. The molecule has 0 radical (unpaired) electrons. The Bertz CT molecular complexity index is 348. The summed E-state index contributed by atoms with van der Waals surface area (Å²) in [5, 5.41) is 3.62. The fourth-order valence-corrected chi connectivity index (χ4v) is 2.60. The van der Waals surface area contributed by atoms with Crippen LogP contribution in [0.4, 0.5) is 5.82 Å². The minimum atomic E-state index is 0.595. The van der Waals surface area contributed by atoms with Gasteiger partial charge in [0.25, 0.3) is 0 Å². The van der Waals surface area contributed by atoms with Crippen molar-refractivity contribution in [3.63, 3.8) is 0 Å². The topological polar surface area (TPSA) is 24.9 Å². The van der Waals surface area contributed by atoms with E-state index in [1.807, 2.05) is 12.3 Å². The maximum absolute atomic E-state index is 4.42. The first-order valence-electron chi connectivity index (χ1n) is 6.36. The lowest BCUT2D eigenvalue weighted by Crippen LogP contribution is -2.35. The molecular formula is C14H22N2. The van der Waals surface area contributed by atoms with Crippen molar-refractivity contribution in [2.45, 2.75) is 46.1 Å². The van der Waals surface area contributed by atoms with Gasteiger partial charge in [-0.25, -0.2) is 4.98 Å². The second kappa shape index (κ2) is 4.86. The molecule has 0 aromatic carbocycles. The van der Waals surface area contributed by atoms with Crippen LogP contribution < -0.4 is 5.32 Å². The van der Waals surface area contributed by atoms with Gasteiger partial charge in [0.2, 0.25) is 0 Å². The Morgan fingerprint density at radius 3 is 2.88 bits per heavy atom. The maximum Gasteiger partial charge on any atom is 0.129 e. The van der Waals surface area contributed by atoms with Gasteiger partial charge in [0.1, 0.15) is 5.82 Å². The minimum Gasteiger partial charge on any atom is -0.367 e. The zero-order valence-corrected chi connectivity index (χ0v) is 10.5. The number of rotatable bonds is 2. The van der Waals surface area contributed by atoms with Crippen molar-refractivity contribution in [1.29, 1.82) is 0 Å². The van der Waals surface area contributed by atoms with Crippen LogP contribution >= 0.6 is 0 Å². The van der Waals surface area contributed by atoms with Crippen LogP contribution in [0.3, 0.4) is 0 Å². The van der Waals surface area contributed by atoms with Gasteiger partial charge in [0.05, 0.1) is 0 Å². The van der Waals surface area contributed by atoms with E-state index in [0.717, 1.165) is 17.7 Å². The maximum atomic E-state index is 4.42. The normalized spacial score (nSPS) is 30.1. The van der Waals surface area contributed by atoms with Crippen LogP contribution in [-0.4, -0.2) is 11.0 Å². The van der Waals surface area contributed by atoms with Gasteiger partial charge < -0.3 is 5.32 Å². The molecule has 16 heavy (non-hydrogen) atoms. The van der Waals surface area contributed by atoms with Crippen molar-refractivity contribution in [1.82, 2.24) is 4.98 Å². The van der Waals surface area contributed by atoms with E-state index in [1.54, 1.807) is 0 Å². The summed E-state index contributed by atoms with van der Waals surface area (Å²) in [6.45, 7) is 6.84. The molecule has 1 aliphatic carbocycles. The number of hydrogen-bond donors (Lipinski definition) is 1. The molecule has 0 aliphatic heterocycles. The average molecular weight is 218 g/mol. The molecule has 0 saturated heterocycles. The first-order chi connectivity index (χ1) is 7.68. The van der Waals surface area contributed by atoms with E-state index in [4.69, 9.17) is 0 Å². The number of pyridine rings is 1. The molecular weight excluding hydrogens is 196 g/mol. The molecule has 3 unspecified atom stereocenters. The summed E-state index contributed by atoms with van der Waals surface area (Å²) in [4.78, 5) is 4.42. The van der Waals surface area contributed by atoms with Gasteiger partial charge >= 0.3 is 0 Å². The van der Waals surface area contributed by atoms with Crippen molar-refractivity contribution in [2.24, 2.45) is 11.8 Å². The first-order valence-corrected chi connectivity index (χ1v) is 6.36. The van der Waals surface area contributed by atoms with Gasteiger partial charge in [0, 0.05) is 12.2 Å². The summed E-state index contributed by atoms with van der Waals surface area (Å²) < 4.78 is 0. The molecule has 88 valence electrons. The van der Waals surface area contributed by atoms with Crippen molar-refractivity contribution in [3.8, 4) is 0 Å². The lowest BCUT2D eigenvalue weighted by Gasteiger charge is -2.35. The molecule has 1 fully saturated rings. The lowest BCUT2D eigenvalue weighted by molar-refractivity contribution is 0.253. The molecule has 1 N–H and O–H groups in total. The summed E-state index contributed by atoms with van der Waals surface area (Å²) in [7, 11) is 0. The standard InChI is InChI=1S/C14H22N2/c1-10-6-4-8-13(12(10)3)16-14-11(2)7-5-9-15-14/h5,7,9-10,12-13H,4,6,8H2,1-3H3,(H,15,16). The minimum absolute atomic E-state index is 0.595. The zero-order valence-electron chi connectivity index (χ0n) is 10.5. The fraction of sp³-hybridized carbons (Fsp3) is 0.643. The van der Waals surface area contributed by atoms with E-state index in [-0.39, 0.29) is 0 Å². The quantitative estimate of drug-likeness (QED) is 0.820. The Morgan fingerprint density at radius 2 is 2.12 bits per heavy atom. The van der Waals surface area contributed by atoms with Crippen LogP contribution in [0.15, 0.2) is 18.3 Å². The van der Waals surface area contributed by atoms with Gasteiger partial charge in [-0.05, 0) is 36.8 Å². The van der Waals surface area contributed by atoms with E-state index < -0.39 is 0 Å². The zero-order chi connectivity index (χ0) is 11.5. The molecule has 2 heteroatoms. The molecule has 0 bridgehead atoms. The SMILES string of the molecule is Cc1cccnc1NC1CCCC(C)C1C. The van der Waals surface area contributed by atoms with Crippen LogP contribution in [0, 0.1) is 18.8 Å². The highest BCUT2D eigenvalue weighted by Gasteiger charge is 2.27. The van der Waals surface area contributed by atoms with Gasteiger partial charge in [-0.15, -0.1) is 0 Å². The van der Waals surface area contributed by atoms with Gasteiger partial charge in [0.15, 0.2) is 0 Å². The average Bonchev–Trinajstić information content (AvgIpc) is 2.28. The Hall–Kier alpha value is -1.05. The van der Waals surface area contributed by atoms with Crippen molar-refractivity contribution >= 4 is 5.82 Å². The molecule has 2 rings (SSSR count). The molecule has 1 aliphatic rings. The van der Waals surface area contributed by atoms with E-state index in [9.17, 15) is 0 Å². The van der Waals surface area contributed by atoms with Gasteiger partial charge in [-0.2, -0.15) is 0 Å². The van der Waals surface area contributed by atoms with E-state index in [1.165, 1.54) is 24.8 Å². The summed E-state index contributed by atoms with van der Waals surface area (Å²) in [6, 6.07) is 4.71. The van der Waals surface area contributed by atoms with Gasteiger partial charge in [-0.3, -0.25) is 0 Å². The number of aryl methyl sites for hydroxylation is 1. The van der Waals surface area contributed by atoms with E-state index in [0.29, 0.717) is 6.04 Å². The fourth-order valence-electron chi connectivity index (χ4n) is 2.60. The Labute approximate surface area is 98.5 Å². The molecule has 1 saturated carbocycles.